The van der Waals surface area contributed by atoms with Crippen molar-refractivity contribution in [3.05, 3.63) is 20.3 Å². The molecule has 0 aliphatic heterocycles. The van der Waals surface area contributed by atoms with Crippen LogP contribution in [0.15, 0.2) is 16.6 Å². The van der Waals surface area contributed by atoms with Gasteiger partial charge in [0, 0.05) is 5.39 Å². The molecule has 2 aromatic rings. The molecule has 13 heavy (non-hydrogen) atoms. The summed E-state index contributed by atoms with van der Waals surface area (Å²) in [5.41, 5.74) is 0.932. The molecule has 1 aromatic carbocycles. The number of aromatic nitrogens is 2. The fourth-order valence-corrected chi connectivity index (χ4v) is 2.27. The molecule has 0 aliphatic rings. The average molecular weight is 353 g/mol. The van der Waals surface area contributed by atoms with Gasteiger partial charge in [-0.2, -0.15) is 5.10 Å². The van der Waals surface area contributed by atoms with Gasteiger partial charge in [0.1, 0.15) is 9.22 Å². The van der Waals surface area contributed by atoms with Crippen molar-refractivity contribution in [2.24, 2.45) is 0 Å². The van der Waals surface area contributed by atoms with Gasteiger partial charge in [0.2, 0.25) is 0 Å². The predicted octanol–water partition coefficient (Wildman–Crippen LogP) is 2.94. The van der Waals surface area contributed by atoms with Crippen LogP contribution in [0.5, 0.6) is 5.75 Å². The van der Waals surface area contributed by atoms with Gasteiger partial charge in [-0.25, -0.2) is 0 Å². The van der Waals surface area contributed by atoms with E-state index in [9.17, 15) is 0 Å². The van der Waals surface area contributed by atoms with Crippen LogP contribution in [0.1, 0.15) is 0 Å². The largest absolute Gasteiger partial charge is 0.493 e. The second kappa shape index (κ2) is 3.45. The van der Waals surface area contributed by atoms with Crippen LogP contribution in [0.3, 0.4) is 0 Å². The molecule has 0 amide bonds. The Morgan fingerprint density at radius 2 is 2.31 bits per heavy atom. The highest BCUT2D eigenvalue weighted by Crippen LogP contribution is 2.33. The first-order valence-electron chi connectivity index (χ1n) is 3.60. The highest BCUT2D eigenvalue weighted by atomic mass is 127. The third-order valence-corrected chi connectivity index (χ3v) is 3.25. The Balaban J connectivity index is 2.85. The Bertz CT molecular complexity index is 455. The number of nitrogens with one attached hydrogen (secondary N) is 1. The van der Waals surface area contributed by atoms with Crippen LogP contribution < -0.4 is 4.74 Å². The number of H-pyrrole nitrogens is 1. The van der Waals surface area contributed by atoms with E-state index in [1.807, 2.05) is 12.1 Å². The topological polar surface area (TPSA) is 37.9 Å². The number of hydrogen-bond donors (Lipinski definition) is 1. The molecule has 0 saturated carbocycles. The molecule has 0 unspecified atom stereocenters. The van der Waals surface area contributed by atoms with Crippen LogP contribution in [0, 0.1) is 3.70 Å². The number of rotatable bonds is 1. The minimum absolute atomic E-state index is 0.799. The summed E-state index contributed by atoms with van der Waals surface area (Å²) in [5.74, 6) is 0.799. The maximum atomic E-state index is 5.25. The van der Waals surface area contributed by atoms with E-state index in [0.29, 0.717) is 0 Å². The van der Waals surface area contributed by atoms with Gasteiger partial charge in [-0.1, -0.05) is 0 Å². The van der Waals surface area contributed by atoms with Crippen LogP contribution in [-0.2, 0) is 0 Å². The fraction of sp³-hybridized carbons (Fsp3) is 0.125. The van der Waals surface area contributed by atoms with E-state index in [1.165, 1.54) is 0 Å². The lowest BCUT2D eigenvalue weighted by molar-refractivity contribution is 0.416. The van der Waals surface area contributed by atoms with Crippen molar-refractivity contribution in [2.45, 2.75) is 0 Å². The van der Waals surface area contributed by atoms with Crippen molar-refractivity contribution >= 4 is 49.4 Å². The molecule has 0 atom stereocenters. The monoisotopic (exact) mass is 352 g/mol. The number of hydrogen-bond acceptors (Lipinski definition) is 2. The maximum Gasteiger partial charge on any atom is 0.158 e. The highest BCUT2D eigenvalue weighted by Gasteiger charge is 2.10. The third-order valence-electron chi connectivity index (χ3n) is 1.80. The normalized spacial score (nSPS) is 10.7. The van der Waals surface area contributed by atoms with E-state index in [4.69, 9.17) is 4.74 Å². The van der Waals surface area contributed by atoms with Crippen molar-refractivity contribution in [1.29, 1.82) is 0 Å². The summed E-state index contributed by atoms with van der Waals surface area (Å²) in [6, 6.07) is 3.96. The van der Waals surface area contributed by atoms with Gasteiger partial charge in [-0.15, -0.1) is 0 Å². The summed E-state index contributed by atoms with van der Waals surface area (Å²) < 4.78 is 7.14. The molecule has 0 radical (unpaired) electrons. The quantitative estimate of drug-likeness (QED) is 0.801. The molecule has 0 bridgehead atoms. The number of fused-ring (bicyclic) bond motifs is 1. The Morgan fingerprint density at radius 1 is 1.54 bits per heavy atom. The van der Waals surface area contributed by atoms with Gasteiger partial charge in [0.25, 0.3) is 0 Å². The molecule has 0 saturated heterocycles. The minimum atomic E-state index is 0.799. The Labute approximate surface area is 97.1 Å². The summed E-state index contributed by atoms with van der Waals surface area (Å²) in [7, 11) is 1.65. The van der Waals surface area contributed by atoms with Gasteiger partial charge in [0.15, 0.2) is 5.75 Å². The summed E-state index contributed by atoms with van der Waals surface area (Å²) in [5, 5.41) is 8.13. The molecular formula is C8H6BrIN2O. The number of methoxy groups -OCH3 is 1. The standard InChI is InChI=1S/C8H6BrIN2O/c1-13-7-5(9)3-2-4-6(7)11-12-8(4)10/h2-3H,1H3,(H,11,12). The SMILES string of the molecule is COc1c(Br)ccc2c(I)n[nH]c12. The first-order chi connectivity index (χ1) is 6.24. The van der Waals surface area contributed by atoms with Crippen molar-refractivity contribution in [2.75, 3.05) is 7.11 Å². The van der Waals surface area contributed by atoms with E-state index in [-0.39, 0.29) is 0 Å². The summed E-state index contributed by atoms with van der Waals surface area (Å²) in [6.07, 6.45) is 0. The summed E-state index contributed by atoms with van der Waals surface area (Å²) >= 11 is 5.60. The van der Waals surface area contributed by atoms with Gasteiger partial charge < -0.3 is 4.74 Å². The first kappa shape index (κ1) is 9.26. The number of nitrogens with zero attached hydrogens (tertiary/aromatic N) is 1. The Hall–Kier alpha value is -0.300. The van der Waals surface area contributed by atoms with Crippen LogP contribution >= 0.6 is 38.5 Å². The van der Waals surface area contributed by atoms with E-state index in [0.717, 1.165) is 24.8 Å². The first-order valence-corrected chi connectivity index (χ1v) is 5.47. The third kappa shape index (κ3) is 1.43. The molecule has 1 aromatic heterocycles. The van der Waals surface area contributed by atoms with E-state index in [1.54, 1.807) is 7.11 Å². The fourth-order valence-electron chi connectivity index (χ4n) is 1.20. The molecule has 0 spiro atoms. The van der Waals surface area contributed by atoms with Crippen LogP contribution in [0.2, 0.25) is 0 Å². The molecule has 0 fully saturated rings. The Kier molecular flexibility index (Phi) is 2.46. The van der Waals surface area contributed by atoms with Crippen molar-refractivity contribution in [1.82, 2.24) is 10.2 Å². The second-order valence-electron chi connectivity index (χ2n) is 2.52. The van der Waals surface area contributed by atoms with Crippen molar-refractivity contribution < 1.29 is 4.74 Å². The molecule has 0 aliphatic carbocycles. The van der Waals surface area contributed by atoms with Crippen LogP contribution in [-0.4, -0.2) is 17.3 Å². The second-order valence-corrected chi connectivity index (χ2v) is 4.39. The lowest BCUT2D eigenvalue weighted by Crippen LogP contribution is -1.85. The molecule has 3 nitrogen and oxygen atoms in total. The smallest absolute Gasteiger partial charge is 0.158 e. The number of halogens is 2. The molecule has 68 valence electrons. The molecule has 1 N–H and O–H groups in total. The summed E-state index contributed by atoms with van der Waals surface area (Å²) in [6.45, 7) is 0. The van der Waals surface area contributed by atoms with Crippen molar-refractivity contribution in [3.8, 4) is 5.75 Å². The Morgan fingerprint density at radius 3 is 3.00 bits per heavy atom. The molecule has 1 heterocycles. The zero-order chi connectivity index (χ0) is 9.42. The van der Waals surface area contributed by atoms with E-state index >= 15 is 0 Å². The van der Waals surface area contributed by atoms with Crippen LogP contribution in [0.25, 0.3) is 10.9 Å². The van der Waals surface area contributed by atoms with Crippen LogP contribution in [0.4, 0.5) is 0 Å². The zero-order valence-corrected chi connectivity index (χ0v) is 10.5. The number of benzene rings is 1. The van der Waals surface area contributed by atoms with Gasteiger partial charge in [-0.05, 0) is 50.7 Å². The lowest BCUT2D eigenvalue weighted by Gasteiger charge is -2.02. The molecule has 5 heteroatoms. The van der Waals surface area contributed by atoms with Crippen molar-refractivity contribution in [3.63, 3.8) is 0 Å². The molecular weight excluding hydrogens is 347 g/mol. The van der Waals surface area contributed by atoms with E-state index < -0.39 is 0 Å². The van der Waals surface area contributed by atoms with Gasteiger partial charge in [-0.3, -0.25) is 5.10 Å². The lowest BCUT2D eigenvalue weighted by atomic mass is 10.2. The van der Waals surface area contributed by atoms with Gasteiger partial charge >= 0.3 is 0 Å². The average Bonchev–Trinajstić information content (AvgIpc) is 2.48. The van der Waals surface area contributed by atoms with Gasteiger partial charge in [0.05, 0.1) is 11.6 Å². The van der Waals surface area contributed by atoms with E-state index in [2.05, 4.69) is 48.7 Å². The minimum Gasteiger partial charge on any atom is -0.493 e. The predicted molar refractivity (Wildman–Crippen MR) is 63.1 cm³/mol. The number of ether oxygens (including phenoxy) is 1. The zero-order valence-electron chi connectivity index (χ0n) is 6.77. The highest BCUT2D eigenvalue weighted by molar-refractivity contribution is 14.1. The molecule has 2 rings (SSSR count). The summed E-state index contributed by atoms with van der Waals surface area (Å²) in [4.78, 5) is 0. The number of aromatic amines is 1. The maximum absolute atomic E-state index is 5.25.